The van der Waals surface area contributed by atoms with Crippen molar-refractivity contribution >= 4 is 50.5 Å². The number of fused-ring (bicyclic) bond motifs is 3. The average Bonchev–Trinajstić information content (AvgIpc) is 2.95. The van der Waals surface area contributed by atoms with Gasteiger partial charge in [-0.15, -0.1) is 11.3 Å². The Bertz CT molecular complexity index is 970. The SMILES string of the molecule is O=C(Nc1ccccc1Cl)c1cc2c(s1)-c1cc(Br)ccc1OCC2. The van der Waals surface area contributed by atoms with Crippen LogP contribution in [0.1, 0.15) is 15.2 Å². The minimum Gasteiger partial charge on any atom is -0.493 e. The first-order valence-corrected chi connectivity index (χ1v) is 9.72. The summed E-state index contributed by atoms with van der Waals surface area (Å²) in [7, 11) is 0. The van der Waals surface area contributed by atoms with E-state index in [1.54, 1.807) is 12.1 Å². The zero-order valence-corrected chi connectivity index (χ0v) is 16.2. The van der Waals surface area contributed by atoms with Crippen LogP contribution in [0.4, 0.5) is 5.69 Å². The van der Waals surface area contributed by atoms with Crippen LogP contribution in [0.3, 0.4) is 0 Å². The number of carbonyl (C=O) groups excluding carboxylic acids is 1. The Hall–Kier alpha value is -1.82. The number of amides is 1. The molecule has 0 radical (unpaired) electrons. The lowest BCUT2D eigenvalue weighted by molar-refractivity contribution is 0.103. The molecule has 1 aliphatic heterocycles. The molecule has 3 nitrogen and oxygen atoms in total. The van der Waals surface area contributed by atoms with Gasteiger partial charge in [0.2, 0.25) is 0 Å². The maximum Gasteiger partial charge on any atom is 0.265 e. The molecule has 1 aromatic heterocycles. The summed E-state index contributed by atoms with van der Waals surface area (Å²) in [4.78, 5) is 14.4. The van der Waals surface area contributed by atoms with Gasteiger partial charge in [-0.2, -0.15) is 0 Å². The Morgan fingerprint density at radius 2 is 2.04 bits per heavy atom. The lowest BCUT2D eigenvalue weighted by Gasteiger charge is -2.07. The Balaban J connectivity index is 1.70. The molecule has 25 heavy (non-hydrogen) atoms. The van der Waals surface area contributed by atoms with Gasteiger partial charge in [0, 0.05) is 21.3 Å². The summed E-state index contributed by atoms with van der Waals surface area (Å²) in [6, 6.07) is 15.1. The van der Waals surface area contributed by atoms with E-state index in [4.69, 9.17) is 16.3 Å². The van der Waals surface area contributed by atoms with Crippen molar-refractivity contribution in [2.45, 2.75) is 6.42 Å². The number of benzene rings is 2. The Kier molecular flexibility index (Phi) is 4.54. The molecule has 4 rings (SSSR count). The van der Waals surface area contributed by atoms with E-state index < -0.39 is 0 Å². The highest BCUT2D eigenvalue weighted by atomic mass is 79.9. The van der Waals surface area contributed by atoms with Crippen LogP contribution in [-0.4, -0.2) is 12.5 Å². The topological polar surface area (TPSA) is 38.3 Å². The molecule has 0 fully saturated rings. The minimum atomic E-state index is -0.149. The summed E-state index contributed by atoms with van der Waals surface area (Å²) in [5.74, 6) is 0.700. The van der Waals surface area contributed by atoms with Crippen LogP contribution in [0.5, 0.6) is 5.75 Å². The highest BCUT2D eigenvalue weighted by Gasteiger charge is 2.21. The van der Waals surface area contributed by atoms with Gasteiger partial charge in [-0.25, -0.2) is 0 Å². The molecule has 0 bridgehead atoms. The molecule has 6 heteroatoms. The highest BCUT2D eigenvalue weighted by molar-refractivity contribution is 9.10. The molecule has 2 heterocycles. The van der Waals surface area contributed by atoms with Crippen molar-refractivity contribution in [2.75, 3.05) is 11.9 Å². The van der Waals surface area contributed by atoms with Gasteiger partial charge in [0.25, 0.3) is 5.91 Å². The summed E-state index contributed by atoms with van der Waals surface area (Å²) in [6.45, 7) is 0.601. The molecule has 1 amide bonds. The molecule has 1 N–H and O–H groups in total. The lowest BCUT2D eigenvalue weighted by atomic mass is 10.1. The second-order valence-electron chi connectivity index (χ2n) is 5.64. The summed E-state index contributed by atoms with van der Waals surface area (Å²) in [5.41, 5.74) is 2.76. The normalized spacial score (nSPS) is 12.6. The van der Waals surface area contributed by atoms with Crippen molar-refractivity contribution in [3.63, 3.8) is 0 Å². The Labute approximate surface area is 162 Å². The van der Waals surface area contributed by atoms with Crippen molar-refractivity contribution < 1.29 is 9.53 Å². The number of hydrogen-bond donors (Lipinski definition) is 1. The van der Waals surface area contributed by atoms with Crippen molar-refractivity contribution in [3.8, 4) is 16.2 Å². The van der Waals surface area contributed by atoms with E-state index in [0.717, 1.165) is 32.6 Å². The molecule has 0 saturated carbocycles. The predicted octanol–water partition coefficient (Wildman–Crippen LogP) is 6.02. The van der Waals surface area contributed by atoms with Gasteiger partial charge < -0.3 is 10.1 Å². The van der Waals surface area contributed by atoms with Gasteiger partial charge in [0.1, 0.15) is 5.75 Å². The molecular formula is C19H13BrClNO2S. The third kappa shape index (κ3) is 3.32. The monoisotopic (exact) mass is 433 g/mol. The van der Waals surface area contributed by atoms with Gasteiger partial charge >= 0.3 is 0 Å². The van der Waals surface area contributed by atoms with Crippen molar-refractivity contribution in [1.29, 1.82) is 0 Å². The first-order chi connectivity index (χ1) is 12.1. The number of carbonyl (C=O) groups is 1. The highest BCUT2D eigenvalue weighted by Crippen LogP contribution is 2.42. The van der Waals surface area contributed by atoms with Crippen LogP contribution in [0.25, 0.3) is 10.4 Å². The molecule has 0 spiro atoms. The second-order valence-corrected chi connectivity index (χ2v) is 8.01. The van der Waals surface area contributed by atoms with Crippen LogP contribution < -0.4 is 10.1 Å². The van der Waals surface area contributed by atoms with Crippen LogP contribution in [0.2, 0.25) is 5.02 Å². The molecule has 1 aliphatic rings. The fourth-order valence-corrected chi connectivity index (χ4v) is 4.45. The van der Waals surface area contributed by atoms with Gasteiger partial charge in [-0.1, -0.05) is 39.7 Å². The maximum absolute atomic E-state index is 12.6. The molecule has 126 valence electrons. The molecule has 3 aromatic rings. The number of nitrogens with one attached hydrogen (secondary N) is 1. The fraction of sp³-hybridized carbons (Fsp3) is 0.105. The first-order valence-electron chi connectivity index (χ1n) is 7.73. The number of hydrogen-bond acceptors (Lipinski definition) is 3. The van der Waals surface area contributed by atoms with Gasteiger partial charge in [-0.05, 0) is 42.0 Å². The second kappa shape index (κ2) is 6.83. The van der Waals surface area contributed by atoms with Gasteiger partial charge in [0.15, 0.2) is 0 Å². The van der Waals surface area contributed by atoms with E-state index >= 15 is 0 Å². The van der Waals surface area contributed by atoms with Gasteiger partial charge in [-0.3, -0.25) is 4.79 Å². The largest absolute Gasteiger partial charge is 0.493 e. The van der Waals surface area contributed by atoms with Crippen molar-refractivity contribution in [3.05, 3.63) is 68.5 Å². The Morgan fingerprint density at radius 1 is 1.20 bits per heavy atom. The maximum atomic E-state index is 12.6. The molecule has 0 atom stereocenters. The third-order valence-corrected chi connectivity index (χ3v) is 6.00. The smallest absolute Gasteiger partial charge is 0.265 e. The molecule has 0 aliphatic carbocycles. The standard InChI is InChI=1S/C19H13BrClNO2S/c20-12-5-6-16-13(10-12)18-11(7-8-24-16)9-17(25-18)19(23)22-15-4-2-1-3-14(15)21/h1-6,9-10H,7-8H2,(H,22,23). The zero-order valence-electron chi connectivity index (χ0n) is 13.0. The quantitative estimate of drug-likeness (QED) is 0.536. The van der Waals surface area contributed by atoms with Crippen LogP contribution in [0, 0.1) is 0 Å². The van der Waals surface area contributed by atoms with Crippen LogP contribution >= 0.6 is 38.9 Å². The molecule has 2 aromatic carbocycles. The van der Waals surface area contributed by atoms with E-state index in [9.17, 15) is 4.79 Å². The summed E-state index contributed by atoms with van der Waals surface area (Å²) in [6.07, 6.45) is 0.775. The number of halogens is 2. The van der Waals surface area contributed by atoms with E-state index in [-0.39, 0.29) is 5.91 Å². The fourth-order valence-electron chi connectivity index (χ4n) is 2.78. The minimum absolute atomic E-state index is 0.149. The lowest BCUT2D eigenvalue weighted by Crippen LogP contribution is -2.10. The molecule has 0 unspecified atom stereocenters. The average molecular weight is 435 g/mol. The summed E-state index contributed by atoms with van der Waals surface area (Å²) in [5, 5.41) is 3.41. The van der Waals surface area contributed by atoms with Crippen molar-refractivity contribution in [2.24, 2.45) is 0 Å². The number of para-hydroxylation sites is 1. The number of anilines is 1. The summed E-state index contributed by atoms with van der Waals surface area (Å²) >= 11 is 11.1. The zero-order chi connectivity index (χ0) is 17.4. The van der Waals surface area contributed by atoms with E-state index in [2.05, 4.69) is 21.2 Å². The van der Waals surface area contributed by atoms with Crippen LogP contribution in [0.15, 0.2) is 53.0 Å². The van der Waals surface area contributed by atoms with Gasteiger partial charge in [0.05, 0.1) is 22.2 Å². The first kappa shape index (κ1) is 16.6. The van der Waals surface area contributed by atoms with Crippen molar-refractivity contribution in [1.82, 2.24) is 0 Å². The molecular weight excluding hydrogens is 422 g/mol. The van der Waals surface area contributed by atoms with E-state index in [1.165, 1.54) is 11.3 Å². The molecule has 0 saturated heterocycles. The van der Waals surface area contributed by atoms with E-state index in [0.29, 0.717) is 22.2 Å². The number of ether oxygens (including phenoxy) is 1. The Morgan fingerprint density at radius 3 is 2.88 bits per heavy atom. The number of rotatable bonds is 2. The summed E-state index contributed by atoms with van der Waals surface area (Å²) < 4.78 is 6.81. The van der Waals surface area contributed by atoms with Crippen LogP contribution in [-0.2, 0) is 6.42 Å². The van der Waals surface area contributed by atoms with E-state index in [1.807, 2.05) is 36.4 Å². The number of thiophene rings is 1. The third-order valence-electron chi connectivity index (χ3n) is 3.97. The predicted molar refractivity (Wildman–Crippen MR) is 106 cm³/mol.